The van der Waals surface area contributed by atoms with E-state index in [0.29, 0.717) is 0 Å². The van der Waals surface area contributed by atoms with Crippen molar-refractivity contribution in [1.82, 2.24) is 9.97 Å². The zero-order valence-corrected chi connectivity index (χ0v) is 9.58. The first kappa shape index (κ1) is 12.7. The van der Waals surface area contributed by atoms with E-state index in [9.17, 15) is 5.11 Å². The van der Waals surface area contributed by atoms with Gasteiger partial charge in [0.25, 0.3) is 0 Å². The monoisotopic (exact) mass is 253 g/mol. The third-order valence-electron chi connectivity index (χ3n) is 2.85. The van der Waals surface area contributed by atoms with E-state index in [1.807, 2.05) is 0 Å². The van der Waals surface area contributed by atoms with Crippen LogP contribution in [0.2, 0.25) is 0 Å². The highest BCUT2D eigenvalue weighted by Gasteiger charge is 2.37. The third kappa shape index (κ3) is 2.13. The molecular weight excluding hydrogens is 238 g/mol. The fourth-order valence-corrected chi connectivity index (χ4v) is 1.88. The molecule has 1 fully saturated rings. The fourth-order valence-electron chi connectivity index (χ4n) is 1.88. The van der Waals surface area contributed by atoms with Crippen molar-refractivity contribution in [2.45, 2.75) is 24.7 Å². The molecular formula is C10H15N5O3. The quantitative estimate of drug-likeness (QED) is 0.412. The van der Waals surface area contributed by atoms with Gasteiger partial charge in [-0.15, -0.1) is 0 Å². The normalized spacial score (nSPS) is 27.3. The number of ether oxygens (including phenoxy) is 1. The van der Waals surface area contributed by atoms with E-state index in [4.69, 9.17) is 26.7 Å². The minimum Gasteiger partial charge on any atom is -0.394 e. The lowest BCUT2D eigenvalue weighted by Crippen LogP contribution is -2.32. The number of nitrogen functional groups attached to an aromatic ring is 2. The summed E-state index contributed by atoms with van der Waals surface area (Å²) in [7, 11) is 0. The smallest absolute Gasteiger partial charge is 0.150 e. The van der Waals surface area contributed by atoms with Gasteiger partial charge in [0.2, 0.25) is 0 Å². The number of nitrogens with zero attached hydrogens (tertiary/aromatic N) is 2. The minimum atomic E-state index is -0.870. The zero-order valence-electron chi connectivity index (χ0n) is 9.58. The van der Waals surface area contributed by atoms with Gasteiger partial charge in [-0.05, 0) is 0 Å². The minimum absolute atomic E-state index is 0.0648. The predicted octanol–water partition coefficient (Wildman–Crippen LogP) is -1.48. The molecule has 0 aromatic carbocycles. The Morgan fingerprint density at radius 2 is 2.22 bits per heavy atom. The fraction of sp³-hybridized carbons (Fsp3) is 0.500. The number of hydrogen-bond donors (Lipinski definition) is 5. The van der Waals surface area contributed by atoms with Crippen LogP contribution in [0.5, 0.6) is 0 Å². The largest absolute Gasteiger partial charge is 0.394 e. The Bertz CT molecular complexity index is 467. The molecule has 0 saturated carbocycles. The molecule has 98 valence electrons. The van der Waals surface area contributed by atoms with Crippen molar-refractivity contribution in [2.75, 3.05) is 18.1 Å². The molecule has 7 N–H and O–H groups in total. The Morgan fingerprint density at radius 1 is 1.50 bits per heavy atom. The molecule has 8 heteroatoms. The summed E-state index contributed by atoms with van der Waals surface area (Å²) in [6, 6.07) is 0. The van der Waals surface area contributed by atoms with Crippen LogP contribution in [-0.2, 0) is 4.74 Å². The molecule has 0 spiro atoms. The second-order valence-corrected chi connectivity index (χ2v) is 4.10. The number of aliphatic hydroxyl groups is 2. The summed E-state index contributed by atoms with van der Waals surface area (Å²) in [5.41, 5.74) is 11.4. The molecule has 0 unspecified atom stereocenters. The maximum atomic E-state index is 9.79. The Kier molecular flexibility index (Phi) is 3.41. The van der Waals surface area contributed by atoms with E-state index in [0.717, 1.165) is 0 Å². The molecule has 8 nitrogen and oxygen atoms in total. The molecule has 1 aromatic rings. The molecule has 0 radical (unpaired) electrons. The van der Waals surface area contributed by atoms with Gasteiger partial charge in [-0.1, -0.05) is 0 Å². The van der Waals surface area contributed by atoms with Gasteiger partial charge in [-0.25, -0.2) is 9.97 Å². The van der Waals surface area contributed by atoms with Gasteiger partial charge >= 0.3 is 0 Å². The number of nitrogens with one attached hydrogen (secondary N) is 1. The topological polar surface area (TPSA) is 151 Å². The number of hydrogen-bond acceptors (Lipinski definition) is 8. The molecule has 18 heavy (non-hydrogen) atoms. The maximum absolute atomic E-state index is 9.79. The van der Waals surface area contributed by atoms with Crippen LogP contribution in [0.1, 0.15) is 12.1 Å². The predicted molar refractivity (Wildman–Crippen MR) is 64.1 cm³/mol. The molecule has 1 aliphatic heterocycles. The van der Waals surface area contributed by atoms with Crippen LogP contribution in [0, 0.1) is 5.41 Å². The number of aliphatic hydroxyl groups excluding tert-OH is 2. The highest BCUT2D eigenvalue weighted by molar-refractivity contribution is 6.05. The Balaban J connectivity index is 2.24. The van der Waals surface area contributed by atoms with Gasteiger partial charge in [-0.2, -0.15) is 0 Å². The molecule has 0 aliphatic carbocycles. The van der Waals surface area contributed by atoms with E-state index in [1.165, 1.54) is 6.33 Å². The van der Waals surface area contributed by atoms with E-state index in [2.05, 4.69) is 9.97 Å². The van der Waals surface area contributed by atoms with Gasteiger partial charge in [0, 0.05) is 6.42 Å². The van der Waals surface area contributed by atoms with Crippen molar-refractivity contribution in [2.24, 2.45) is 0 Å². The summed E-state index contributed by atoms with van der Waals surface area (Å²) in [6.07, 6.45) is -0.750. The summed E-state index contributed by atoms with van der Waals surface area (Å²) in [5, 5.41) is 26.7. The van der Waals surface area contributed by atoms with Crippen LogP contribution in [0.15, 0.2) is 6.33 Å². The standard InChI is InChI=1S/C10H15N5O3/c11-6(8-7(12)10(13)15-3-14-8)9-5(17)1-4(2-16)18-9/h3-5,9,11,16-17H,1-2,12H2,(H2,13,14,15)/t4-,5+,9+/m0/s1. The first-order valence-electron chi connectivity index (χ1n) is 5.43. The van der Waals surface area contributed by atoms with Crippen molar-refractivity contribution in [3.8, 4) is 0 Å². The van der Waals surface area contributed by atoms with E-state index in [-0.39, 0.29) is 35.9 Å². The third-order valence-corrected chi connectivity index (χ3v) is 2.85. The van der Waals surface area contributed by atoms with Crippen LogP contribution in [0.3, 0.4) is 0 Å². The Hall–Kier alpha value is -1.77. The molecule has 0 amide bonds. The second-order valence-electron chi connectivity index (χ2n) is 4.10. The van der Waals surface area contributed by atoms with Crippen molar-refractivity contribution in [1.29, 1.82) is 5.41 Å². The molecule has 2 rings (SSSR count). The van der Waals surface area contributed by atoms with E-state index >= 15 is 0 Å². The zero-order chi connectivity index (χ0) is 13.3. The lowest BCUT2D eigenvalue weighted by Gasteiger charge is -2.16. The van der Waals surface area contributed by atoms with E-state index < -0.39 is 18.3 Å². The SMILES string of the molecule is N=C(c1ncnc(N)c1N)[C@@H]1O[C@H](CO)C[C@H]1O. The van der Waals surface area contributed by atoms with E-state index in [1.54, 1.807) is 0 Å². The first-order valence-corrected chi connectivity index (χ1v) is 5.43. The number of anilines is 2. The number of rotatable bonds is 3. The average Bonchev–Trinajstić information content (AvgIpc) is 2.73. The van der Waals surface area contributed by atoms with Crippen molar-refractivity contribution in [3.05, 3.63) is 12.0 Å². The number of aromatic nitrogens is 2. The van der Waals surface area contributed by atoms with Crippen molar-refractivity contribution >= 4 is 17.2 Å². The maximum Gasteiger partial charge on any atom is 0.150 e. The van der Waals surface area contributed by atoms with Gasteiger partial charge in [-0.3, -0.25) is 0 Å². The van der Waals surface area contributed by atoms with Gasteiger partial charge in [0.05, 0.1) is 24.5 Å². The Morgan fingerprint density at radius 3 is 2.83 bits per heavy atom. The first-order chi connectivity index (χ1) is 8.54. The highest BCUT2D eigenvalue weighted by Crippen LogP contribution is 2.25. The lowest BCUT2D eigenvalue weighted by molar-refractivity contribution is 0.0241. The average molecular weight is 253 g/mol. The molecule has 3 atom stereocenters. The summed E-state index contributed by atoms with van der Waals surface area (Å²) >= 11 is 0. The van der Waals surface area contributed by atoms with Crippen LogP contribution in [0.25, 0.3) is 0 Å². The molecule has 0 bridgehead atoms. The molecule has 1 aliphatic rings. The van der Waals surface area contributed by atoms with Gasteiger partial charge in [0.1, 0.15) is 23.8 Å². The lowest BCUT2D eigenvalue weighted by atomic mass is 10.0. The summed E-state index contributed by atoms with van der Waals surface area (Å²) in [6.45, 7) is -0.206. The van der Waals surface area contributed by atoms with Crippen LogP contribution in [0.4, 0.5) is 11.5 Å². The van der Waals surface area contributed by atoms with Crippen LogP contribution in [-0.4, -0.2) is 50.8 Å². The van der Waals surface area contributed by atoms with Crippen molar-refractivity contribution < 1.29 is 14.9 Å². The highest BCUT2D eigenvalue weighted by atomic mass is 16.5. The second kappa shape index (κ2) is 4.84. The van der Waals surface area contributed by atoms with Crippen molar-refractivity contribution in [3.63, 3.8) is 0 Å². The van der Waals surface area contributed by atoms with Crippen LogP contribution < -0.4 is 11.5 Å². The Labute approximate surface area is 103 Å². The summed E-state index contributed by atoms with van der Waals surface area (Å²) in [5.74, 6) is 0.0796. The summed E-state index contributed by atoms with van der Waals surface area (Å²) < 4.78 is 5.35. The van der Waals surface area contributed by atoms with Crippen LogP contribution >= 0.6 is 0 Å². The summed E-state index contributed by atoms with van der Waals surface area (Å²) in [4.78, 5) is 7.57. The molecule has 2 heterocycles. The molecule has 1 saturated heterocycles. The van der Waals surface area contributed by atoms with Gasteiger partial charge in [0.15, 0.2) is 5.82 Å². The molecule has 1 aromatic heterocycles. The van der Waals surface area contributed by atoms with Gasteiger partial charge < -0.3 is 31.8 Å². The number of nitrogens with two attached hydrogens (primary N) is 2.